The fourth-order valence-corrected chi connectivity index (χ4v) is 3.66. The highest BCUT2D eigenvalue weighted by molar-refractivity contribution is 5.31. The highest BCUT2D eigenvalue weighted by Crippen LogP contribution is 2.33. The van der Waals surface area contributed by atoms with E-state index in [1.807, 2.05) is 0 Å². The molecular weight excluding hydrogens is 278 g/mol. The summed E-state index contributed by atoms with van der Waals surface area (Å²) < 4.78 is 0. The Morgan fingerprint density at radius 2 is 1.43 bits per heavy atom. The van der Waals surface area contributed by atoms with Crippen molar-refractivity contribution >= 4 is 0 Å². The molecule has 1 aliphatic heterocycles. The molecule has 1 nitrogen and oxygen atoms in total. The molecule has 0 N–H and O–H groups in total. The lowest BCUT2D eigenvalue weighted by molar-refractivity contribution is 0.152. The van der Waals surface area contributed by atoms with Crippen molar-refractivity contribution in [2.45, 2.75) is 32.2 Å². The van der Waals surface area contributed by atoms with Crippen LogP contribution in [0.4, 0.5) is 0 Å². The summed E-state index contributed by atoms with van der Waals surface area (Å²) in [6, 6.07) is 22.3. The first-order chi connectivity index (χ1) is 11.4. The first-order valence-corrected chi connectivity index (χ1v) is 8.83. The van der Waals surface area contributed by atoms with Crippen LogP contribution in [0.2, 0.25) is 0 Å². The molecule has 0 spiro atoms. The van der Waals surface area contributed by atoms with Crippen LogP contribution in [0.1, 0.15) is 43.4 Å². The van der Waals surface area contributed by atoms with Crippen molar-refractivity contribution in [2.24, 2.45) is 5.92 Å². The van der Waals surface area contributed by atoms with Crippen molar-refractivity contribution in [1.82, 2.24) is 4.90 Å². The minimum Gasteiger partial charge on any atom is -0.292 e. The van der Waals surface area contributed by atoms with Gasteiger partial charge in [0.15, 0.2) is 0 Å². The van der Waals surface area contributed by atoms with Gasteiger partial charge in [0.1, 0.15) is 0 Å². The first-order valence-electron chi connectivity index (χ1n) is 8.83. The second-order valence-corrected chi connectivity index (χ2v) is 6.51. The van der Waals surface area contributed by atoms with E-state index in [0.717, 1.165) is 5.92 Å². The normalized spacial score (nSPS) is 17.1. The van der Waals surface area contributed by atoms with Gasteiger partial charge in [0, 0.05) is 0 Å². The molecule has 120 valence electrons. The number of piperidine rings is 1. The van der Waals surface area contributed by atoms with Crippen LogP contribution in [-0.4, -0.2) is 18.0 Å². The predicted octanol–water partition coefficient (Wildman–Crippen LogP) is 5.45. The van der Waals surface area contributed by atoms with Gasteiger partial charge >= 0.3 is 0 Å². The molecule has 1 saturated heterocycles. The molecule has 0 aliphatic carbocycles. The smallest absolute Gasteiger partial charge is 0.0601 e. The summed E-state index contributed by atoms with van der Waals surface area (Å²) in [7, 11) is 0. The van der Waals surface area contributed by atoms with Gasteiger partial charge in [-0.1, -0.05) is 72.8 Å². The molecule has 3 rings (SSSR count). The van der Waals surface area contributed by atoms with Crippen LogP contribution in [0.5, 0.6) is 0 Å². The average molecular weight is 305 g/mol. The van der Waals surface area contributed by atoms with E-state index in [4.69, 9.17) is 0 Å². The Bertz CT molecular complexity index is 555. The van der Waals surface area contributed by atoms with Crippen molar-refractivity contribution in [2.75, 3.05) is 13.1 Å². The van der Waals surface area contributed by atoms with Crippen LogP contribution in [0.25, 0.3) is 0 Å². The summed E-state index contributed by atoms with van der Waals surface area (Å²) >= 11 is 0. The van der Waals surface area contributed by atoms with Gasteiger partial charge < -0.3 is 0 Å². The van der Waals surface area contributed by atoms with Crippen LogP contribution >= 0.6 is 0 Å². The number of rotatable bonds is 5. The molecule has 1 aliphatic rings. The zero-order valence-electron chi connectivity index (χ0n) is 14.1. The standard InChI is InChI=1S/C22H27N/c1-2-3-10-19-15-17-23(18-16-19)22(20-11-6-4-7-12-20)21-13-8-5-9-14-21/h2-9,11-14,19,22H,10,15-18H2,1H3. The lowest BCUT2D eigenvalue weighted by atomic mass is 9.89. The quantitative estimate of drug-likeness (QED) is 0.664. The van der Waals surface area contributed by atoms with Gasteiger partial charge in [0.2, 0.25) is 0 Å². The van der Waals surface area contributed by atoms with Crippen LogP contribution in [0, 0.1) is 5.92 Å². The lowest BCUT2D eigenvalue weighted by Crippen LogP contribution is -2.37. The number of hydrogen-bond donors (Lipinski definition) is 0. The molecular formula is C22H27N. The van der Waals surface area contributed by atoms with E-state index in [-0.39, 0.29) is 0 Å². The largest absolute Gasteiger partial charge is 0.292 e. The van der Waals surface area contributed by atoms with E-state index in [1.165, 1.54) is 43.5 Å². The summed E-state index contributed by atoms with van der Waals surface area (Å²) in [5, 5.41) is 0. The molecule has 1 fully saturated rings. The van der Waals surface area contributed by atoms with Crippen LogP contribution < -0.4 is 0 Å². The minimum absolute atomic E-state index is 0.389. The fourth-order valence-electron chi connectivity index (χ4n) is 3.66. The number of benzene rings is 2. The molecule has 2 aromatic rings. The van der Waals surface area contributed by atoms with Gasteiger partial charge in [-0.25, -0.2) is 0 Å². The van der Waals surface area contributed by atoms with E-state index >= 15 is 0 Å². The third-order valence-electron chi connectivity index (χ3n) is 4.95. The Kier molecular flexibility index (Phi) is 5.65. The van der Waals surface area contributed by atoms with Crippen molar-refractivity contribution in [3.63, 3.8) is 0 Å². The molecule has 0 aromatic heterocycles. The second-order valence-electron chi connectivity index (χ2n) is 6.51. The number of nitrogens with zero attached hydrogens (tertiary/aromatic N) is 1. The van der Waals surface area contributed by atoms with Gasteiger partial charge in [-0.15, -0.1) is 0 Å². The summed E-state index contributed by atoms with van der Waals surface area (Å²) in [5.74, 6) is 0.856. The van der Waals surface area contributed by atoms with E-state index in [2.05, 4.69) is 84.6 Å². The maximum Gasteiger partial charge on any atom is 0.0601 e. The van der Waals surface area contributed by atoms with Crippen LogP contribution in [-0.2, 0) is 0 Å². The zero-order chi connectivity index (χ0) is 15.9. The summed E-state index contributed by atoms with van der Waals surface area (Å²) in [6.07, 6.45) is 8.36. The van der Waals surface area contributed by atoms with Gasteiger partial charge in [-0.2, -0.15) is 0 Å². The first kappa shape index (κ1) is 16.0. The van der Waals surface area contributed by atoms with Gasteiger partial charge in [-0.05, 0) is 56.3 Å². The van der Waals surface area contributed by atoms with Gasteiger partial charge in [-0.3, -0.25) is 4.90 Å². The summed E-state index contributed by atoms with van der Waals surface area (Å²) in [4.78, 5) is 2.66. The predicted molar refractivity (Wildman–Crippen MR) is 98.5 cm³/mol. The monoisotopic (exact) mass is 305 g/mol. The molecule has 0 saturated carbocycles. The minimum atomic E-state index is 0.389. The molecule has 0 radical (unpaired) electrons. The molecule has 0 atom stereocenters. The van der Waals surface area contributed by atoms with Crippen LogP contribution in [0.15, 0.2) is 72.8 Å². The number of allylic oxidation sites excluding steroid dienone is 2. The fraction of sp³-hybridized carbons (Fsp3) is 0.364. The average Bonchev–Trinajstić information content (AvgIpc) is 2.63. The lowest BCUT2D eigenvalue weighted by Gasteiger charge is -2.38. The Morgan fingerprint density at radius 3 is 1.91 bits per heavy atom. The summed E-state index contributed by atoms with van der Waals surface area (Å²) in [5.41, 5.74) is 2.82. The summed E-state index contributed by atoms with van der Waals surface area (Å²) in [6.45, 7) is 4.50. The molecule has 0 unspecified atom stereocenters. The molecule has 1 heteroatoms. The Hall–Kier alpha value is -1.86. The second kappa shape index (κ2) is 8.12. The highest BCUT2D eigenvalue weighted by Gasteiger charge is 2.26. The zero-order valence-corrected chi connectivity index (χ0v) is 14.1. The van der Waals surface area contributed by atoms with Crippen molar-refractivity contribution < 1.29 is 0 Å². The Morgan fingerprint density at radius 1 is 0.913 bits per heavy atom. The van der Waals surface area contributed by atoms with Crippen LogP contribution in [0.3, 0.4) is 0 Å². The van der Waals surface area contributed by atoms with E-state index in [9.17, 15) is 0 Å². The molecule has 0 bridgehead atoms. The molecule has 2 aromatic carbocycles. The SMILES string of the molecule is CC=CCC1CCN(C(c2ccccc2)c2ccccc2)CC1. The maximum absolute atomic E-state index is 2.66. The number of likely N-dealkylation sites (tertiary alicyclic amines) is 1. The van der Waals surface area contributed by atoms with Gasteiger partial charge in [0.25, 0.3) is 0 Å². The number of hydrogen-bond acceptors (Lipinski definition) is 1. The van der Waals surface area contributed by atoms with Crippen molar-refractivity contribution in [3.8, 4) is 0 Å². The Labute approximate surface area is 140 Å². The van der Waals surface area contributed by atoms with E-state index in [0.29, 0.717) is 6.04 Å². The Balaban J connectivity index is 1.78. The third-order valence-corrected chi connectivity index (χ3v) is 4.95. The molecule has 0 amide bonds. The van der Waals surface area contributed by atoms with Crippen molar-refractivity contribution in [1.29, 1.82) is 0 Å². The third kappa shape index (κ3) is 4.11. The van der Waals surface area contributed by atoms with E-state index < -0.39 is 0 Å². The highest BCUT2D eigenvalue weighted by atomic mass is 15.2. The molecule has 1 heterocycles. The molecule has 23 heavy (non-hydrogen) atoms. The topological polar surface area (TPSA) is 3.24 Å². The van der Waals surface area contributed by atoms with E-state index in [1.54, 1.807) is 0 Å². The van der Waals surface area contributed by atoms with Crippen molar-refractivity contribution in [3.05, 3.63) is 83.9 Å². The maximum atomic E-state index is 2.66. The van der Waals surface area contributed by atoms with Gasteiger partial charge in [0.05, 0.1) is 6.04 Å².